The lowest BCUT2D eigenvalue weighted by Crippen LogP contribution is -2.67. The van der Waals surface area contributed by atoms with E-state index in [4.69, 9.17) is 0 Å². The molecule has 2 aliphatic heterocycles. The van der Waals surface area contributed by atoms with Crippen molar-refractivity contribution in [1.82, 2.24) is 9.80 Å². The molecule has 1 amide bonds. The first-order chi connectivity index (χ1) is 13.0. The summed E-state index contributed by atoms with van der Waals surface area (Å²) >= 11 is 0. The quantitative estimate of drug-likeness (QED) is 0.884. The maximum Gasteiger partial charge on any atom is 0.223 e. The summed E-state index contributed by atoms with van der Waals surface area (Å²) in [7, 11) is 0. The number of benzene rings is 1. The third-order valence-corrected chi connectivity index (χ3v) is 7.39. The molecule has 0 unspecified atom stereocenters. The second-order valence-corrected chi connectivity index (χ2v) is 9.22. The number of hydrogen-bond donors (Lipinski definition) is 1. The van der Waals surface area contributed by atoms with Crippen molar-refractivity contribution in [2.24, 2.45) is 11.8 Å². The average Bonchev–Trinajstić information content (AvgIpc) is 3.42. The molecule has 5 rings (SSSR count). The second kappa shape index (κ2) is 6.06. The smallest absolute Gasteiger partial charge is 0.223 e. The third kappa shape index (κ3) is 2.78. The van der Waals surface area contributed by atoms with E-state index in [1.54, 1.807) is 17.9 Å². The zero-order valence-corrected chi connectivity index (χ0v) is 16.0. The molecule has 1 aromatic carbocycles. The van der Waals surface area contributed by atoms with Crippen molar-refractivity contribution < 1.29 is 14.7 Å². The number of phenolic OH excluding ortho intramolecular Hbond substituents is 1. The van der Waals surface area contributed by atoms with Crippen LogP contribution in [0.1, 0.15) is 43.7 Å². The number of fused-ring (bicyclic) bond motifs is 1. The lowest BCUT2D eigenvalue weighted by Gasteiger charge is -2.60. The van der Waals surface area contributed by atoms with Gasteiger partial charge in [0.2, 0.25) is 5.91 Å². The van der Waals surface area contributed by atoms with Crippen LogP contribution in [0.5, 0.6) is 5.75 Å². The highest BCUT2D eigenvalue weighted by atomic mass is 16.3. The standard InChI is InChI=1S/C22H28N2O3/c1-14(25)11-24-13-19-20-8-16-4-5-17(26)9-18(16)22(19,10-21(24)27)6-7-23(20)12-15-2-3-15/h4-5,9,15,19-20,26H,2-3,6-8,10-13H2,1H3/t19-,20+,22+/m0/s1. The number of amides is 1. The number of aromatic hydroxyl groups is 1. The molecule has 5 nitrogen and oxygen atoms in total. The number of carbonyl (C=O) groups is 2. The van der Waals surface area contributed by atoms with Gasteiger partial charge in [-0.2, -0.15) is 0 Å². The van der Waals surface area contributed by atoms with Crippen molar-refractivity contribution in [3.8, 4) is 5.75 Å². The zero-order chi connectivity index (χ0) is 18.8. The van der Waals surface area contributed by atoms with E-state index in [2.05, 4.69) is 11.0 Å². The molecule has 4 aliphatic rings. The van der Waals surface area contributed by atoms with Gasteiger partial charge in [0, 0.05) is 36.9 Å². The Bertz CT molecular complexity index is 803. The lowest BCUT2D eigenvalue weighted by molar-refractivity contribution is -0.146. The molecular formula is C22H28N2O3. The Balaban J connectivity index is 1.56. The zero-order valence-electron chi connectivity index (χ0n) is 16.0. The van der Waals surface area contributed by atoms with Gasteiger partial charge in [-0.3, -0.25) is 14.5 Å². The molecule has 2 aliphatic carbocycles. The molecule has 27 heavy (non-hydrogen) atoms. The predicted molar refractivity (Wildman–Crippen MR) is 102 cm³/mol. The molecule has 0 radical (unpaired) electrons. The molecule has 3 fully saturated rings. The van der Waals surface area contributed by atoms with Crippen LogP contribution in [0.3, 0.4) is 0 Å². The Labute approximate surface area is 160 Å². The van der Waals surface area contributed by atoms with Gasteiger partial charge >= 0.3 is 0 Å². The summed E-state index contributed by atoms with van der Waals surface area (Å²) < 4.78 is 0. The van der Waals surface area contributed by atoms with Gasteiger partial charge in [-0.1, -0.05) is 6.07 Å². The SMILES string of the molecule is CC(=O)CN1C[C@H]2[C@H]3Cc4ccc(O)cc4[C@@]2(CCN3CC2CC2)CC1=O. The summed E-state index contributed by atoms with van der Waals surface area (Å²) in [4.78, 5) is 29.1. The number of phenols is 1. The van der Waals surface area contributed by atoms with E-state index in [0.29, 0.717) is 30.7 Å². The number of likely N-dealkylation sites (tertiary alicyclic amines) is 2. The van der Waals surface area contributed by atoms with Gasteiger partial charge in [-0.05, 0) is 68.3 Å². The monoisotopic (exact) mass is 368 g/mol. The van der Waals surface area contributed by atoms with E-state index in [9.17, 15) is 14.7 Å². The summed E-state index contributed by atoms with van der Waals surface area (Å²) in [5.41, 5.74) is 2.30. The minimum absolute atomic E-state index is 0.0492. The second-order valence-electron chi connectivity index (χ2n) is 9.22. The van der Waals surface area contributed by atoms with Crippen molar-refractivity contribution in [2.45, 2.75) is 50.5 Å². The molecule has 5 heteroatoms. The highest BCUT2D eigenvalue weighted by Crippen LogP contribution is 2.54. The number of rotatable bonds is 4. The molecule has 1 aromatic rings. The minimum Gasteiger partial charge on any atom is -0.508 e. The molecular weight excluding hydrogens is 340 g/mol. The van der Waals surface area contributed by atoms with E-state index in [1.807, 2.05) is 6.07 Å². The predicted octanol–water partition coefficient (Wildman–Crippen LogP) is 2.11. The number of Topliss-reactive ketones (excluding diaryl/α,β-unsaturated/α-hetero) is 1. The van der Waals surface area contributed by atoms with Crippen LogP contribution in [0, 0.1) is 11.8 Å². The minimum atomic E-state index is -0.179. The first-order valence-corrected chi connectivity index (χ1v) is 10.3. The highest BCUT2D eigenvalue weighted by Gasteiger charge is 2.57. The van der Waals surface area contributed by atoms with E-state index in [0.717, 1.165) is 25.3 Å². The van der Waals surface area contributed by atoms with Gasteiger partial charge in [0.05, 0.1) is 6.54 Å². The maximum atomic E-state index is 12.9. The van der Waals surface area contributed by atoms with Gasteiger partial charge in [0.15, 0.2) is 0 Å². The van der Waals surface area contributed by atoms with Crippen molar-refractivity contribution >= 4 is 11.7 Å². The van der Waals surface area contributed by atoms with Crippen molar-refractivity contribution in [1.29, 1.82) is 0 Å². The van der Waals surface area contributed by atoms with Gasteiger partial charge in [0.25, 0.3) is 0 Å². The number of hydrogen-bond acceptors (Lipinski definition) is 4. The largest absolute Gasteiger partial charge is 0.508 e. The third-order valence-electron chi connectivity index (χ3n) is 7.39. The summed E-state index contributed by atoms with van der Waals surface area (Å²) in [5.74, 6) is 1.62. The molecule has 144 valence electrons. The fraction of sp³-hybridized carbons (Fsp3) is 0.636. The van der Waals surface area contributed by atoms with Crippen LogP contribution in [-0.2, 0) is 21.4 Å². The summed E-state index contributed by atoms with van der Waals surface area (Å²) in [6.07, 6.45) is 5.11. The molecule has 2 saturated heterocycles. The fourth-order valence-corrected chi connectivity index (χ4v) is 5.97. The maximum absolute atomic E-state index is 12.9. The average molecular weight is 368 g/mol. The van der Waals surface area contributed by atoms with E-state index in [-0.39, 0.29) is 23.7 Å². The molecule has 1 N–H and O–H groups in total. The van der Waals surface area contributed by atoms with E-state index in [1.165, 1.54) is 30.5 Å². The molecule has 0 spiro atoms. The normalized spacial score (nSPS) is 32.8. The van der Waals surface area contributed by atoms with Crippen LogP contribution in [0.2, 0.25) is 0 Å². The van der Waals surface area contributed by atoms with Crippen LogP contribution < -0.4 is 0 Å². The topological polar surface area (TPSA) is 60.9 Å². The highest BCUT2D eigenvalue weighted by molar-refractivity contribution is 5.86. The molecule has 2 heterocycles. The molecule has 3 atom stereocenters. The van der Waals surface area contributed by atoms with E-state index >= 15 is 0 Å². The number of nitrogens with zero attached hydrogens (tertiary/aromatic N) is 2. The van der Waals surface area contributed by atoms with Gasteiger partial charge in [0.1, 0.15) is 11.5 Å². The molecule has 0 aromatic heterocycles. The van der Waals surface area contributed by atoms with Crippen LogP contribution in [0.4, 0.5) is 0 Å². The van der Waals surface area contributed by atoms with Gasteiger partial charge in [-0.15, -0.1) is 0 Å². The summed E-state index contributed by atoms with van der Waals surface area (Å²) in [6.45, 7) is 4.66. The van der Waals surface area contributed by atoms with Crippen LogP contribution in [-0.4, -0.2) is 58.8 Å². The Morgan fingerprint density at radius 3 is 2.89 bits per heavy atom. The van der Waals surface area contributed by atoms with Crippen molar-refractivity contribution in [2.75, 3.05) is 26.2 Å². The Hall–Kier alpha value is -1.88. The number of piperidine rings is 2. The van der Waals surface area contributed by atoms with Gasteiger partial charge < -0.3 is 10.0 Å². The van der Waals surface area contributed by atoms with Crippen LogP contribution in [0.25, 0.3) is 0 Å². The lowest BCUT2D eigenvalue weighted by atomic mass is 9.54. The number of ketones is 1. The fourth-order valence-electron chi connectivity index (χ4n) is 5.97. The number of carbonyl (C=O) groups excluding carboxylic acids is 2. The van der Waals surface area contributed by atoms with Gasteiger partial charge in [-0.25, -0.2) is 0 Å². The Morgan fingerprint density at radius 2 is 2.15 bits per heavy atom. The molecule has 1 saturated carbocycles. The summed E-state index contributed by atoms with van der Waals surface area (Å²) in [6, 6.07) is 6.17. The van der Waals surface area contributed by atoms with Crippen LogP contribution in [0.15, 0.2) is 18.2 Å². The summed E-state index contributed by atoms with van der Waals surface area (Å²) in [5, 5.41) is 10.1. The molecule has 2 bridgehead atoms. The first kappa shape index (κ1) is 17.2. The van der Waals surface area contributed by atoms with Crippen molar-refractivity contribution in [3.63, 3.8) is 0 Å². The Kier molecular flexibility index (Phi) is 3.87. The van der Waals surface area contributed by atoms with Crippen molar-refractivity contribution in [3.05, 3.63) is 29.3 Å². The van der Waals surface area contributed by atoms with Crippen LogP contribution >= 0.6 is 0 Å². The Morgan fingerprint density at radius 1 is 1.33 bits per heavy atom. The first-order valence-electron chi connectivity index (χ1n) is 10.3. The van der Waals surface area contributed by atoms with E-state index < -0.39 is 0 Å².